The van der Waals surface area contributed by atoms with E-state index < -0.39 is 10.2 Å². The van der Waals surface area contributed by atoms with Crippen LogP contribution in [0.3, 0.4) is 0 Å². The van der Waals surface area contributed by atoms with E-state index in [0.717, 1.165) is 25.4 Å². The van der Waals surface area contributed by atoms with Crippen LogP contribution >= 0.6 is 0 Å². The number of nitrogens with one attached hydrogen (secondary N) is 1. The molecule has 1 N–H and O–H groups in total. The molecule has 0 bridgehead atoms. The average molecular weight is 289 g/mol. The van der Waals surface area contributed by atoms with Gasteiger partial charge in [-0.05, 0) is 38.1 Å². The van der Waals surface area contributed by atoms with Gasteiger partial charge in [0.15, 0.2) is 0 Å². The number of hydrogen-bond acceptors (Lipinski definition) is 3. The monoisotopic (exact) mass is 289 g/mol. The van der Waals surface area contributed by atoms with E-state index in [1.54, 1.807) is 8.61 Å². The van der Waals surface area contributed by atoms with Gasteiger partial charge in [-0.1, -0.05) is 13.8 Å². The van der Waals surface area contributed by atoms with Crippen LogP contribution in [0.2, 0.25) is 0 Å². The minimum Gasteiger partial charge on any atom is -0.314 e. The molecule has 0 radical (unpaired) electrons. The van der Waals surface area contributed by atoms with E-state index >= 15 is 0 Å². The number of hydrogen-bond donors (Lipinski definition) is 1. The smallest absolute Gasteiger partial charge is 0.281 e. The maximum absolute atomic E-state index is 12.4. The molecule has 0 aromatic rings. The van der Waals surface area contributed by atoms with E-state index in [9.17, 15) is 8.42 Å². The first-order valence-electron chi connectivity index (χ1n) is 7.56. The highest BCUT2D eigenvalue weighted by atomic mass is 32.2. The van der Waals surface area contributed by atoms with Gasteiger partial charge in [-0.25, -0.2) is 0 Å². The molecule has 0 amide bonds. The van der Waals surface area contributed by atoms with E-state index in [2.05, 4.69) is 5.32 Å². The van der Waals surface area contributed by atoms with E-state index in [0.29, 0.717) is 32.1 Å². The molecule has 0 aromatic heterocycles. The van der Waals surface area contributed by atoms with Crippen molar-refractivity contribution in [3.8, 4) is 0 Å². The summed E-state index contributed by atoms with van der Waals surface area (Å²) in [5, 5.41) is 3.55. The Balaban J connectivity index is 1.80. The van der Waals surface area contributed by atoms with Crippen molar-refractivity contribution >= 4 is 10.2 Å². The normalized spacial score (nSPS) is 23.1. The van der Waals surface area contributed by atoms with Crippen molar-refractivity contribution in [1.82, 2.24) is 13.9 Å². The third-order valence-electron chi connectivity index (χ3n) is 4.20. The van der Waals surface area contributed by atoms with E-state index in [4.69, 9.17) is 0 Å². The second-order valence-electron chi connectivity index (χ2n) is 5.62. The molecule has 19 heavy (non-hydrogen) atoms. The fourth-order valence-electron chi connectivity index (χ4n) is 2.68. The Morgan fingerprint density at radius 3 is 2.16 bits per heavy atom. The van der Waals surface area contributed by atoms with Crippen LogP contribution in [-0.4, -0.2) is 55.8 Å². The molecule has 5 nitrogen and oxygen atoms in total. The maximum Gasteiger partial charge on any atom is 0.281 e. The van der Waals surface area contributed by atoms with Crippen molar-refractivity contribution in [2.24, 2.45) is 5.92 Å². The lowest BCUT2D eigenvalue weighted by Crippen LogP contribution is -2.47. The molecule has 1 heterocycles. The fraction of sp³-hybridized carbons (Fsp3) is 1.00. The van der Waals surface area contributed by atoms with Crippen molar-refractivity contribution in [3.05, 3.63) is 0 Å². The van der Waals surface area contributed by atoms with Gasteiger partial charge in [-0.3, -0.25) is 0 Å². The zero-order valence-electron chi connectivity index (χ0n) is 12.1. The fourth-order valence-corrected chi connectivity index (χ4v) is 4.33. The molecule has 1 saturated heterocycles. The first-order valence-corrected chi connectivity index (χ1v) is 8.96. The third kappa shape index (κ3) is 3.90. The largest absolute Gasteiger partial charge is 0.314 e. The lowest BCUT2D eigenvalue weighted by atomic mass is 9.98. The van der Waals surface area contributed by atoms with Crippen molar-refractivity contribution in [2.75, 3.05) is 32.7 Å². The molecule has 112 valence electrons. The standard InChI is InChI=1S/C13H27N3O2S/c1-3-15(4-2)19(17,18)16-9-7-12(8-10-16)11-14-13-5-6-13/h12-14H,3-11H2,1-2H3. The van der Waals surface area contributed by atoms with Gasteiger partial charge in [0.2, 0.25) is 0 Å². The van der Waals surface area contributed by atoms with Crippen LogP contribution < -0.4 is 5.32 Å². The lowest BCUT2D eigenvalue weighted by molar-refractivity contribution is 0.251. The van der Waals surface area contributed by atoms with Crippen LogP contribution in [0.15, 0.2) is 0 Å². The van der Waals surface area contributed by atoms with Gasteiger partial charge in [0.05, 0.1) is 0 Å². The molecular formula is C13H27N3O2S. The van der Waals surface area contributed by atoms with Crippen molar-refractivity contribution < 1.29 is 8.42 Å². The second-order valence-corrected chi connectivity index (χ2v) is 7.55. The molecule has 6 heteroatoms. The third-order valence-corrected chi connectivity index (χ3v) is 6.39. The molecule has 0 atom stereocenters. The molecule has 2 aliphatic rings. The predicted octanol–water partition coefficient (Wildman–Crippen LogP) is 1.04. The predicted molar refractivity (Wildman–Crippen MR) is 77.2 cm³/mol. The van der Waals surface area contributed by atoms with Crippen molar-refractivity contribution in [1.29, 1.82) is 0 Å². The van der Waals surface area contributed by atoms with Crippen LogP contribution in [0.4, 0.5) is 0 Å². The topological polar surface area (TPSA) is 52.7 Å². The van der Waals surface area contributed by atoms with Crippen LogP contribution in [0, 0.1) is 5.92 Å². The zero-order chi connectivity index (χ0) is 13.9. The summed E-state index contributed by atoms with van der Waals surface area (Å²) in [6.07, 6.45) is 4.60. The number of piperidine rings is 1. The highest BCUT2D eigenvalue weighted by molar-refractivity contribution is 7.86. The summed E-state index contributed by atoms with van der Waals surface area (Å²) in [6, 6.07) is 0.748. The van der Waals surface area contributed by atoms with Gasteiger partial charge in [-0.15, -0.1) is 0 Å². The molecule has 1 saturated carbocycles. The summed E-state index contributed by atoms with van der Waals surface area (Å²) in [7, 11) is -3.22. The Labute approximate surface area is 117 Å². The SMILES string of the molecule is CCN(CC)S(=O)(=O)N1CCC(CNC2CC2)CC1. The van der Waals surface area contributed by atoms with Gasteiger partial charge in [-0.2, -0.15) is 17.0 Å². The Morgan fingerprint density at radius 2 is 1.68 bits per heavy atom. The summed E-state index contributed by atoms with van der Waals surface area (Å²) in [5.74, 6) is 0.642. The minimum absolute atomic E-state index is 0.558. The zero-order valence-corrected chi connectivity index (χ0v) is 13.0. The first kappa shape index (κ1) is 15.2. The molecule has 0 aromatic carbocycles. The van der Waals surface area contributed by atoms with Gasteiger partial charge in [0, 0.05) is 32.2 Å². The summed E-state index contributed by atoms with van der Waals surface area (Å²) in [5.41, 5.74) is 0. The maximum atomic E-state index is 12.4. The Kier molecular flexibility index (Phi) is 5.22. The van der Waals surface area contributed by atoms with Crippen molar-refractivity contribution in [2.45, 2.75) is 45.6 Å². The Hall–Kier alpha value is -0.170. The molecule has 2 rings (SSSR count). The van der Waals surface area contributed by atoms with Gasteiger partial charge in [0.1, 0.15) is 0 Å². The van der Waals surface area contributed by atoms with Gasteiger partial charge < -0.3 is 5.32 Å². The molecule has 2 fully saturated rings. The van der Waals surface area contributed by atoms with Crippen LogP contribution in [0.25, 0.3) is 0 Å². The Morgan fingerprint density at radius 1 is 1.11 bits per heavy atom. The second kappa shape index (κ2) is 6.52. The summed E-state index contributed by atoms with van der Waals surface area (Å²) in [4.78, 5) is 0. The molecule has 0 spiro atoms. The molecular weight excluding hydrogens is 262 g/mol. The molecule has 0 unspecified atom stereocenters. The summed E-state index contributed by atoms with van der Waals surface area (Å²) >= 11 is 0. The first-order chi connectivity index (χ1) is 9.07. The Bertz CT molecular complexity index is 369. The van der Waals surface area contributed by atoms with E-state index in [1.807, 2.05) is 13.8 Å². The van der Waals surface area contributed by atoms with Crippen LogP contribution in [-0.2, 0) is 10.2 Å². The lowest BCUT2D eigenvalue weighted by Gasteiger charge is -2.34. The van der Waals surface area contributed by atoms with E-state index in [-0.39, 0.29) is 0 Å². The van der Waals surface area contributed by atoms with Gasteiger partial charge >= 0.3 is 0 Å². The van der Waals surface area contributed by atoms with Gasteiger partial charge in [0.25, 0.3) is 10.2 Å². The average Bonchev–Trinajstić information content (AvgIpc) is 3.22. The summed E-state index contributed by atoms with van der Waals surface area (Å²) in [6.45, 7) is 7.32. The molecule has 1 aliphatic heterocycles. The number of rotatable bonds is 7. The highest BCUT2D eigenvalue weighted by Gasteiger charge is 2.32. The van der Waals surface area contributed by atoms with Crippen molar-refractivity contribution in [3.63, 3.8) is 0 Å². The van der Waals surface area contributed by atoms with E-state index in [1.165, 1.54) is 12.8 Å². The quantitative estimate of drug-likeness (QED) is 0.762. The molecule has 1 aliphatic carbocycles. The van der Waals surface area contributed by atoms with Crippen LogP contribution in [0.5, 0.6) is 0 Å². The summed E-state index contributed by atoms with van der Waals surface area (Å²) < 4.78 is 27.9. The number of nitrogens with zero attached hydrogens (tertiary/aromatic N) is 2. The van der Waals surface area contributed by atoms with Crippen LogP contribution in [0.1, 0.15) is 39.5 Å². The minimum atomic E-state index is -3.22. The highest BCUT2D eigenvalue weighted by Crippen LogP contribution is 2.23.